The SMILES string of the molecule is CC(F)(F)c1cc(Oc2ccccc2OCC#N)ccc1C#N. The number of benzene rings is 2. The number of alkyl halides is 2. The molecule has 0 atom stereocenters. The quantitative estimate of drug-likeness (QED) is 0.822. The van der Waals surface area contributed by atoms with Crippen LogP contribution in [0, 0.1) is 22.7 Å². The van der Waals surface area contributed by atoms with E-state index in [1.165, 1.54) is 12.1 Å². The van der Waals surface area contributed by atoms with Gasteiger partial charge in [-0.2, -0.15) is 10.5 Å². The molecule has 0 spiro atoms. The summed E-state index contributed by atoms with van der Waals surface area (Å²) in [5, 5.41) is 17.5. The van der Waals surface area contributed by atoms with Crippen LogP contribution in [0.1, 0.15) is 18.1 Å². The maximum atomic E-state index is 13.6. The summed E-state index contributed by atoms with van der Waals surface area (Å²) in [6.07, 6.45) is 0. The molecule has 0 N–H and O–H groups in total. The molecule has 0 aliphatic heterocycles. The van der Waals surface area contributed by atoms with Gasteiger partial charge in [0, 0.05) is 12.5 Å². The van der Waals surface area contributed by atoms with E-state index in [0.29, 0.717) is 5.75 Å². The first-order valence-corrected chi connectivity index (χ1v) is 6.65. The van der Waals surface area contributed by atoms with Gasteiger partial charge in [0.25, 0.3) is 5.92 Å². The van der Waals surface area contributed by atoms with Crippen LogP contribution in [0.15, 0.2) is 42.5 Å². The highest BCUT2D eigenvalue weighted by Gasteiger charge is 2.28. The lowest BCUT2D eigenvalue weighted by Crippen LogP contribution is -2.09. The van der Waals surface area contributed by atoms with Gasteiger partial charge in [0.1, 0.15) is 11.8 Å². The largest absolute Gasteiger partial charge is 0.475 e. The van der Waals surface area contributed by atoms with Gasteiger partial charge in [-0.15, -0.1) is 0 Å². The molecule has 0 aliphatic rings. The Hall–Kier alpha value is -3.12. The third-order valence-electron chi connectivity index (χ3n) is 2.95. The highest BCUT2D eigenvalue weighted by Crippen LogP contribution is 2.36. The van der Waals surface area contributed by atoms with Crippen molar-refractivity contribution < 1.29 is 18.3 Å². The molecule has 0 saturated carbocycles. The Kier molecular flexibility index (Phi) is 4.78. The van der Waals surface area contributed by atoms with Crippen LogP contribution in [0.4, 0.5) is 8.78 Å². The average Bonchev–Trinajstić information content (AvgIpc) is 2.53. The highest BCUT2D eigenvalue weighted by atomic mass is 19.3. The van der Waals surface area contributed by atoms with Crippen molar-refractivity contribution in [2.45, 2.75) is 12.8 Å². The van der Waals surface area contributed by atoms with Crippen LogP contribution in [0.3, 0.4) is 0 Å². The van der Waals surface area contributed by atoms with E-state index in [4.69, 9.17) is 20.0 Å². The molecule has 116 valence electrons. The first-order chi connectivity index (χ1) is 11.0. The minimum Gasteiger partial charge on any atom is -0.475 e. The van der Waals surface area contributed by atoms with Crippen molar-refractivity contribution in [3.63, 3.8) is 0 Å². The lowest BCUT2D eigenvalue weighted by atomic mass is 10.0. The van der Waals surface area contributed by atoms with E-state index in [9.17, 15) is 8.78 Å². The van der Waals surface area contributed by atoms with E-state index in [-0.39, 0.29) is 23.7 Å². The van der Waals surface area contributed by atoms with E-state index in [1.807, 2.05) is 6.07 Å². The molecule has 0 fully saturated rings. The molecule has 0 heterocycles. The summed E-state index contributed by atoms with van der Waals surface area (Å²) in [6, 6.07) is 14.0. The Morgan fingerprint density at radius 1 is 1.09 bits per heavy atom. The van der Waals surface area contributed by atoms with Gasteiger partial charge in [0.05, 0.1) is 11.6 Å². The van der Waals surface area contributed by atoms with Crippen LogP contribution < -0.4 is 9.47 Å². The van der Waals surface area contributed by atoms with E-state index in [2.05, 4.69) is 0 Å². The van der Waals surface area contributed by atoms with Gasteiger partial charge in [-0.1, -0.05) is 12.1 Å². The lowest BCUT2D eigenvalue weighted by molar-refractivity contribution is 0.0170. The second-order valence-electron chi connectivity index (χ2n) is 4.70. The topological polar surface area (TPSA) is 66.0 Å². The Morgan fingerprint density at radius 3 is 2.39 bits per heavy atom. The highest BCUT2D eigenvalue weighted by molar-refractivity contribution is 5.48. The fourth-order valence-electron chi connectivity index (χ4n) is 1.94. The summed E-state index contributed by atoms with van der Waals surface area (Å²) >= 11 is 0. The number of nitrogens with zero attached hydrogens (tertiary/aromatic N) is 2. The summed E-state index contributed by atoms with van der Waals surface area (Å²) in [6.45, 7) is 0.558. The van der Waals surface area contributed by atoms with Gasteiger partial charge >= 0.3 is 0 Å². The molecule has 0 saturated heterocycles. The van der Waals surface area contributed by atoms with Gasteiger partial charge in [-0.05, 0) is 30.3 Å². The summed E-state index contributed by atoms with van der Waals surface area (Å²) in [5.74, 6) is -2.41. The zero-order chi connectivity index (χ0) is 16.9. The molecular formula is C17H12F2N2O2. The molecule has 0 unspecified atom stereocenters. The molecule has 23 heavy (non-hydrogen) atoms. The van der Waals surface area contributed by atoms with Gasteiger partial charge in [-0.25, -0.2) is 8.78 Å². The van der Waals surface area contributed by atoms with Gasteiger partial charge < -0.3 is 9.47 Å². The second-order valence-corrected chi connectivity index (χ2v) is 4.70. The lowest BCUT2D eigenvalue weighted by Gasteiger charge is -2.15. The Morgan fingerprint density at radius 2 is 1.78 bits per heavy atom. The number of halogens is 2. The molecular weight excluding hydrogens is 302 g/mol. The third-order valence-corrected chi connectivity index (χ3v) is 2.95. The van der Waals surface area contributed by atoms with Crippen LogP contribution in [0.5, 0.6) is 17.2 Å². The molecule has 2 rings (SSSR count). The predicted octanol–water partition coefficient (Wildman–Crippen LogP) is 4.36. The molecule has 0 aromatic heterocycles. The number of nitriles is 2. The van der Waals surface area contributed by atoms with Crippen LogP contribution in [0.25, 0.3) is 0 Å². The fourth-order valence-corrected chi connectivity index (χ4v) is 1.94. The van der Waals surface area contributed by atoms with E-state index >= 15 is 0 Å². The number of para-hydroxylation sites is 2. The van der Waals surface area contributed by atoms with Crippen LogP contribution >= 0.6 is 0 Å². The molecule has 0 aliphatic carbocycles. The zero-order valence-electron chi connectivity index (χ0n) is 12.2. The van der Waals surface area contributed by atoms with Crippen molar-refractivity contribution in [1.82, 2.24) is 0 Å². The first-order valence-electron chi connectivity index (χ1n) is 6.65. The van der Waals surface area contributed by atoms with Crippen molar-refractivity contribution in [1.29, 1.82) is 10.5 Å². The van der Waals surface area contributed by atoms with Crippen LogP contribution in [-0.4, -0.2) is 6.61 Å². The number of hydrogen-bond donors (Lipinski definition) is 0. The third kappa shape index (κ3) is 3.96. The number of ether oxygens (including phenoxy) is 2. The zero-order valence-corrected chi connectivity index (χ0v) is 12.2. The minimum absolute atomic E-state index is 0.112. The van der Waals surface area contributed by atoms with Gasteiger partial charge in [0.2, 0.25) is 0 Å². The summed E-state index contributed by atoms with van der Waals surface area (Å²) in [4.78, 5) is 0. The van der Waals surface area contributed by atoms with Gasteiger partial charge in [-0.3, -0.25) is 0 Å². The second kappa shape index (κ2) is 6.76. The monoisotopic (exact) mass is 314 g/mol. The Balaban J connectivity index is 2.35. The van der Waals surface area contributed by atoms with E-state index < -0.39 is 11.5 Å². The maximum Gasteiger partial charge on any atom is 0.271 e. The number of hydrogen-bond acceptors (Lipinski definition) is 4. The first kappa shape index (κ1) is 16.3. The smallest absolute Gasteiger partial charge is 0.271 e. The normalized spacial score (nSPS) is 10.5. The summed E-state index contributed by atoms with van der Waals surface area (Å²) < 4.78 is 38.0. The minimum atomic E-state index is -3.17. The van der Waals surface area contributed by atoms with Crippen molar-refractivity contribution >= 4 is 0 Å². The average molecular weight is 314 g/mol. The molecule has 4 nitrogen and oxygen atoms in total. The fraction of sp³-hybridized carbons (Fsp3) is 0.176. The molecule has 0 radical (unpaired) electrons. The molecule has 2 aromatic rings. The Bertz CT molecular complexity index is 786. The Labute approximate surface area is 132 Å². The van der Waals surface area contributed by atoms with Crippen LogP contribution in [-0.2, 0) is 5.92 Å². The van der Waals surface area contributed by atoms with Crippen molar-refractivity contribution in [3.8, 4) is 29.4 Å². The maximum absolute atomic E-state index is 13.6. The van der Waals surface area contributed by atoms with Crippen LogP contribution in [0.2, 0.25) is 0 Å². The summed E-state index contributed by atoms with van der Waals surface area (Å²) in [5.41, 5.74) is -0.521. The number of rotatable bonds is 5. The molecule has 0 amide bonds. The van der Waals surface area contributed by atoms with Crippen molar-refractivity contribution in [2.75, 3.05) is 6.61 Å². The summed E-state index contributed by atoms with van der Waals surface area (Å²) in [7, 11) is 0. The van der Waals surface area contributed by atoms with E-state index in [0.717, 1.165) is 13.0 Å². The molecule has 6 heteroatoms. The standard InChI is InChI=1S/C17H12F2N2O2/c1-17(18,19)14-10-13(7-6-12(14)11-21)23-16-5-3-2-4-15(16)22-9-8-20/h2-7,10H,9H2,1H3. The van der Waals surface area contributed by atoms with Gasteiger partial charge in [0.15, 0.2) is 18.1 Å². The predicted molar refractivity (Wildman–Crippen MR) is 78.3 cm³/mol. The van der Waals surface area contributed by atoms with Crippen molar-refractivity contribution in [3.05, 3.63) is 53.6 Å². The van der Waals surface area contributed by atoms with Crippen molar-refractivity contribution in [2.24, 2.45) is 0 Å². The van der Waals surface area contributed by atoms with E-state index in [1.54, 1.807) is 30.3 Å². The molecule has 0 bridgehead atoms. The molecule has 2 aromatic carbocycles.